The Kier molecular flexibility index (Phi) is 6.78. The van der Waals surface area contributed by atoms with E-state index >= 15 is 0 Å². The number of benzene rings is 1. The van der Waals surface area contributed by atoms with Gasteiger partial charge in [-0.2, -0.15) is 0 Å². The van der Waals surface area contributed by atoms with E-state index in [1.165, 1.54) is 43.2 Å². The summed E-state index contributed by atoms with van der Waals surface area (Å²) in [5.74, 6) is 0.838. The molecule has 0 unspecified atom stereocenters. The van der Waals surface area contributed by atoms with Crippen LogP contribution in [0.1, 0.15) is 57.6 Å². The Morgan fingerprint density at radius 3 is 2.44 bits per heavy atom. The van der Waals surface area contributed by atoms with E-state index in [9.17, 15) is 0 Å². The van der Waals surface area contributed by atoms with Gasteiger partial charge in [0.2, 0.25) is 0 Å². The highest BCUT2D eigenvalue weighted by atomic mass is 14.0. The lowest BCUT2D eigenvalue weighted by Crippen LogP contribution is -1.88. The zero-order valence-corrected chi connectivity index (χ0v) is 12.5. The predicted molar refractivity (Wildman–Crippen MR) is 81.9 cm³/mol. The second-order valence-corrected chi connectivity index (χ2v) is 5.86. The second kappa shape index (κ2) is 8.13. The molecule has 100 valence electrons. The normalized spacial score (nSPS) is 12.2. The maximum atomic E-state index is 2.42. The molecule has 18 heavy (non-hydrogen) atoms. The molecule has 1 aromatic rings. The van der Waals surface area contributed by atoms with Crippen LogP contribution in [0, 0.1) is 12.8 Å². The summed E-state index contributed by atoms with van der Waals surface area (Å²) in [6.07, 6.45) is 8.72. The van der Waals surface area contributed by atoms with E-state index < -0.39 is 0 Å². The van der Waals surface area contributed by atoms with Crippen molar-refractivity contribution < 1.29 is 0 Å². The van der Waals surface area contributed by atoms with Gasteiger partial charge in [-0.15, -0.1) is 0 Å². The summed E-state index contributed by atoms with van der Waals surface area (Å²) in [5, 5.41) is 0. The van der Waals surface area contributed by atoms with Crippen LogP contribution in [0.3, 0.4) is 0 Å². The Hall–Kier alpha value is -1.04. The Bertz CT molecular complexity index is 354. The molecule has 0 fully saturated rings. The fourth-order valence-electron chi connectivity index (χ4n) is 2.13. The highest BCUT2D eigenvalue weighted by Gasteiger charge is 1.96. The minimum atomic E-state index is 0.838. The topological polar surface area (TPSA) is 0 Å². The SMILES string of the molecule is C/C(=C\CCc1ccc(C)cc1)CCCC(C)C. The number of hydrogen-bond donors (Lipinski definition) is 0. The Morgan fingerprint density at radius 1 is 1.17 bits per heavy atom. The first kappa shape index (κ1) is 15.0. The average Bonchev–Trinajstić information content (AvgIpc) is 2.31. The first-order chi connectivity index (χ1) is 8.58. The number of aryl methyl sites for hydroxylation is 2. The van der Waals surface area contributed by atoms with Gasteiger partial charge in [-0.25, -0.2) is 0 Å². The molecule has 1 rings (SSSR count). The highest BCUT2D eigenvalue weighted by molar-refractivity contribution is 5.21. The molecule has 0 aliphatic rings. The molecule has 0 saturated heterocycles. The summed E-state index contributed by atoms with van der Waals surface area (Å²) in [4.78, 5) is 0. The molecule has 0 atom stereocenters. The van der Waals surface area contributed by atoms with Crippen molar-refractivity contribution >= 4 is 0 Å². The minimum Gasteiger partial charge on any atom is -0.0853 e. The molecule has 0 N–H and O–H groups in total. The summed E-state index contributed by atoms with van der Waals surface area (Å²) in [6, 6.07) is 8.90. The lowest BCUT2D eigenvalue weighted by molar-refractivity contribution is 0.554. The van der Waals surface area contributed by atoms with Crippen LogP contribution < -0.4 is 0 Å². The third-order valence-corrected chi connectivity index (χ3v) is 3.40. The molecule has 0 saturated carbocycles. The highest BCUT2D eigenvalue weighted by Crippen LogP contribution is 2.13. The lowest BCUT2D eigenvalue weighted by atomic mass is 10.0. The zero-order chi connectivity index (χ0) is 13.4. The van der Waals surface area contributed by atoms with Crippen LogP contribution in [0.15, 0.2) is 35.9 Å². The van der Waals surface area contributed by atoms with Crippen LogP contribution in [-0.2, 0) is 6.42 Å². The van der Waals surface area contributed by atoms with Gasteiger partial charge in [-0.1, -0.05) is 61.7 Å². The summed E-state index contributed by atoms with van der Waals surface area (Å²) in [6.45, 7) is 9.02. The van der Waals surface area contributed by atoms with Gasteiger partial charge >= 0.3 is 0 Å². The summed E-state index contributed by atoms with van der Waals surface area (Å²) in [7, 11) is 0. The third-order valence-electron chi connectivity index (χ3n) is 3.40. The van der Waals surface area contributed by atoms with Gasteiger partial charge in [0.05, 0.1) is 0 Å². The zero-order valence-electron chi connectivity index (χ0n) is 12.5. The van der Waals surface area contributed by atoms with E-state index in [1.54, 1.807) is 5.57 Å². The van der Waals surface area contributed by atoms with Gasteiger partial charge in [0.1, 0.15) is 0 Å². The van der Waals surface area contributed by atoms with Crippen LogP contribution >= 0.6 is 0 Å². The Labute approximate surface area is 113 Å². The molecule has 0 spiro atoms. The molecule has 0 bridgehead atoms. The van der Waals surface area contributed by atoms with Gasteiger partial charge in [-0.3, -0.25) is 0 Å². The van der Waals surface area contributed by atoms with Crippen LogP contribution in [0.4, 0.5) is 0 Å². The largest absolute Gasteiger partial charge is 0.0853 e. The van der Waals surface area contributed by atoms with Crippen LogP contribution in [0.2, 0.25) is 0 Å². The first-order valence-electron chi connectivity index (χ1n) is 7.29. The molecular formula is C18H28. The number of rotatable bonds is 7. The standard InChI is InChI=1S/C18H28/c1-15(2)7-5-8-16(3)9-6-10-18-13-11-17(4)12-14-18/h9,11-15H,5-8,10H2,1-4H3/b16-9+. The van der Waals surface area contributed by atoms with E-state index in [0.29, 0.717) is 0 Å². The molecule has 0 aliphatic carbocycles. The molecule has 0 nitrogen and oxygen atoms in total. The summed E-state index contributed by atoms with van der Waals surface area (Å²) >= 11 is 0. The lowest BCUT2D eigenvalue weighted by Gasteiger charge is -2.05. The van der Waals surface area contributed by atoms with E-state index in [4.69, 9.17) is 0 Å². The van der Waals surface area contributed by atoms with Crippen molar-refractivity contribution in [1.29, 1.82) is 0 Å². The quantitative estimate of drug-likeness (QED) is 0.540. The van der Waals surface area contributed by atoms with E-state index in [2.05, 4.69) is 58.0 Å². The maximum Gasteiger partial charge on any atom is -0.0244 e. The van der Waals surface area contributed by atoms with Crippen LogP contribution in [0.5, 0.6) is 0 Å². The predicted octanol–water partition coefficient (Wildman–Crippen LogP) is 5.70. The smallest absolute Gasteiger partial charge is 0.0244 e. The molecule has 0 radical (unpaired) electrons. The molecule has 1 aromatic carbocycles. The fourth-order valence-corrected chi connectivity index (χ4v) is 2.13. The summed E-state index contributed by atoms with van der Waals surface area (Å²) < 4.78 is 0. The monoisotopic (exact) mass is 244 g/mol. The van der Waals surface area contributed by atoms with Crippen molar-refractivity contribution in [3.8, 4) is 0 Å². The van der Waals surface area contributed by atoms with E-state index in [1.807, 2.05) is 0 Å². The van der Waals surface area contributed by atoms with Crippen LogP contribution in [-0.4, -0.2) is 0 Å². The first-order valence-corrected chi connectivity index (χ1v) is 7.29. The van der Waals surface area contributed by atoms with Crippen molar-refractivity contribution in [1.82, 2.24) is 0 Å². The van der Waals surface area contributed by atoms with Crippen LogP contribution in [0.25, 0.3) is 0 Å². The van der Waals surface area contributed by atoms with Crippen molar-refractivity contribution in [2.75, 3.05) is 0 Å². The molecule has 0 heteroatoms. The Morgan fingerprint density at radius 2 is 1.83 bits per heavy atom. The van der Waals surface area contributed by atoms with Gasteiger partial charge < -0.3 is 0 Å². The summed E-state index contributed by atoms with van der Waals surface area (Å²) in [5.41, 5.74) is 4.36. The minimum absolute atomic E-state index is 0.838. The van der Waals surface area contributed by atoms with E-state index in [0.717, 1.165) is 5.92 Å². The molecule has 0 heterocycles. The average molecular weight is 244 g/mol. The van der Waals surface area contributed by atoms with Gasteiger partial charge in [0, 0.05) is 0 Å². The van der Waals surface area contributed by atoms with Crippen molar-refractivity contribution in [3.05, 3.63) is 47.0 Å². The van der Waals surface area contributed by atoms with Gasteiger partial charge in [0.25, 0.3) is 0 Å². The third kappa shape index (κ3) is 6.64. The van der Waals surface area contributed by atoms with Gasteiger partial charge in [-0.05, 0) is 51.0 Å². The van der Waals surface area contributed by atoms with Crippen molar-refractivity contribution in [3.63, 3.8) is 0 Å². The molecular weight excluding hydrogens is 216 g/mol. The second-order valence-electron chi connectivity index (χ2n) is 5.86. The fraction of sp³-hybridized carbons (Fsp3) is 0.556. The van der Waals surface area contributed by atoms with Gasteiger partial charge in [0.15, 0.2) is 0 Å². The van der Waals surface area contributed by atoms with E-state index in [-0.39, 0.29) is 0 Å². The molecule has 0 aliphatic heterocycles. The Balaban J connectivity index is 2.24. The number of hydrogen-bond acceptors (Lipinski definition) is 0. The molecule has 0 amide bonds. The van der Waals surface area contributed by atoms with Crippen molar-refractivity contribution in [2.24, 2.45) is 5.92 Å². The maximum absolute atomic E-state index is 2.42. The van der Waals surface area contributed by atoms with Crippen molar-refractivity contribution in [2.45, 2.75) is 59.8 Å². The molecule has 0 aromatic heterocycles. The number of allylic oxidation sites excluding steroid dienone is 2.